The average Bonchev–Trinajstić information content (AvgIpc) is 3.09. The molecule has 2 heterocycles. The van der Waals surface area contributed by atoms with Crippen LogP contribution in [-0.2, 0) is 4.79 Å². The topological polar surface area (TPSA) is 59.8 Å². The minimum absolute atomic E-state index is 0.176. The van der Waals surface area contributed by atoms with Gasteiger partial charge in [-0.3, -0.25) is 9.78 Å². The Morgan fingerprint density at radius 3 is 2.45 bits per heavy atom. The van der Waals surface area contributed by atoms with Crippen LogP contribution in [-0.4, -0.2) is 20.4 Å². The van der Waals surface area contributed by atoms with Gasteiger partial charge < -0.3 is 9.88 Å². The fourth-order valence-electron chi connectivity index (χ4n) is 1.96. The molecule has 3 rings (SSSR count). The zero-order valence-electron chi connectivity index (χ0n) is 11.8. The number of carbonyl (C=O) groups excluding carboxylic acids is 1. The lowest BCUT2D eigenvalue weighted by molar-refractivity contribution is -0.111. The Morgan fingerprint density at radius 2 is 1.77 bits per heavy atom. The Balaban J connectivity index is 1.64. The summed E-state index contributed by atoms with van der Waals surface area (Å²) in [4.78, 5) is 19.7. The Kier molecular flexibility index (Phi) is 4.06. The molecule has 0 spiro atoms. The van der Waals surface area contributed by atoms with Crippen molar-refractivity contribution in [3.63, 3.8) is 0 Å². The normalized spacial score (nSPS) is 10.7. The van der Waals surface area contributed by atoms with Crippen LogP contribution in [0.2, 0.25) is 0 Å². The van der Waals surface area contributed by atoms with E-state index in [-0.39, 0.29) is 5.91 Å². The van der Waals surface area contributed by atoms with Crippen LogP contribution in [0.15, 0.2) is 73.6 Å². The number of imidazole rings is 1. The van der Waals surface area contributed by atoms with Gasteiger partial charge in [-0.2, -0.15) is 0 Å². The fraction of sp³-hybridized carbons (Fsp3) is 0. The Hall–Kier alpha value is -3.21. The zero-order chi connectivity index (χ0) is 15.2. The summed E-state index contributed by atoms with van der Waals surface area (Å²) in [6.07, 6.45) is 11.9. The third-order valence-electron chi connectivity index (χ3n) is 3.07. The van der Waals surface area contributed by atoms with Crippen LogP contribution >= 0.6 is 0 Å². The maximum absolute atomic E-state index is 11.8. The molecule has 0 aliphatic carbocycles. The highest BCUT2D eigenvalue weighted by Crippen LogP contribution is 2.10. The number of benzene rings is 1. The van der Waals surface area contributed by atoms with Gasteiger partial charge in [0, 0.05) is 42.2 Å². The van der Waals surface area contributed by atoms with E-state index in [0.29, 0.717) is 0 Å². The molecule has 5 nitrogen and oxygen atoms in total. The molecule has 3 aromatic rings. The number of nitrogens with zero attached hydrogens (tertiary/aromatic N) is 3. The van der Waals surface area contributed by atoms with Crippen LogP contribution < -0.4 is 5.32 Å². The Morgan fingerprint density at radius 1 is 1.00 bits per heavy atom. The summed E-state index contributed by atoms with van der Waals surface area (Å²) in [5, 5.41) is 2.77. The van der Waals surface area contributed by atoms with E-state index in [1.165, 1.54) is 6.08 Å². The van der Waals surface area contributed by atoms with Crippen molar-refractivity contribution in [2.24, 2.45) is 0 Å². The maximum Gasteiger partial charge on any atom is 0.248 e. The second kappa shape index (κ2) is 6.49. The van der Waals surface area contributed by atoms with E-state index in [2.05, 4.69) is 15.3 Å². The quantitative estimate of drug-likeness (QED) is 0.752. The molecule has 22 heavy (non-hydrogen) atoms. The third-order valence-corrected chi connectivity index (χ3v) is 3.07. The molecule has 0 fully saturated rings. The number of hydrogen-bond acceptors (Lipinski definition) is 3. The highest BCUT2D eigenvalue weighted by molar-refractivity contribution is 6.01. The van der Waals surface area contributed by atoms with Crippen LogP contribution in [0.3, 0.4) is 0 Å². The lowest BCUT2D eigenvalue weighted by Gasteiger charge is -2.02. The third kappa shape index (κ3) is 3.46. The molecular weight excluding hydrogens is 276 g/mol. The van der Waals surface area contributed by atoms with E-state index >= 15 is 0 Å². The molecule has 0 aliphatic heterocycles. The number of aromatic nitrogens is 3. The second-order valence-electron chi connectivity index (χ2n) is 4.62. The largest absolute Gasteiger partial charge is 0.322 e. The van der Waals surface area contributed by atoms with Gasteiger partial charge in [-0.05, 0) is 35.9 Å². The number of rotatable bonds is 4. The number of amides is 1. The minimum atomic E-state index is -0.176. The van der Waals surface area contributed by atoms with Crippen LogP contribution in [0, 0.1) is 0 Å². The van der Waals surface area contributed by atoms with Crippen LogP contribution in [0.4, 0.5) is 5.69 Å². The van der Waals surface area contributed by atoms with Gasteiger partial charge in [-0.25, -0.2) is 4.98 Å². The lowest BCUT2D eigenvalue weighted by Crippen LogP contribution is -2.07. The van der Waals surface area contributed by atoms with Gasteiger partial charge in [-0.1, -0.05) is 12.1 Å². The van der Waals surface area contributed by atoms with Crippen molar-refractivity contribution >= 4 is 17.7 Å². The van der Waals surface area contributed by atoms with Crippen molar-refractivity contribution in [2.75, 3.05) is 5.32 Å². The first-order chi connectivity index (χ1) is 10.8. The molecule has 0 saturated carbocycles. The smallest absolute Gasteiger partial charge is 0.248 e. The summed E-state index contributed by atoms with van der Waals surface area (Å²) in [5.74, 6) is -0.176. The zero-order valence-corrected chi connectivity index (χ0v) is 11.8. The van der Waals surface area contributed by atoms with E-state index in [0.717, 1.165) is 16.9 Å². The molecule has 0 atom stereocenters. The predicted octanol–water partition coefficient (Wildman–Crippen LogP) is 2.92. The average molecular weight is 290 g/mol. The molecule has 0 aliphatic rings. The van der Waals surface area contributed by atoms with Crippen molar-refractivity contribution in [3.05, 3.63) is 79.2 Å². The minimum Gasteiger partial charge on any atom is -0.322 e. The number of hydrogen-bond donors (Lipinski definition) is 1. The molecular formula is C17H14N4O. The van der Waals surface area contributed by atoms with E-state index in [4.69, 9.17) is 0 Å². The van der Waals surface area contributed by atoms with Crippen molar-refractivity contribution in [2.45, 2.75) is 0 Å². The second-order valence-corrected chi connectivity index (χ2v) is 4.62. The number of anilines is 1. The van der Waals surface area contributed by atoms with Crippen molar-refractivity contribution < 1.29 is 4.79 Å². The fourth-order valence-corrected chi connectivity index (χ4v) is 1.96. The lowest BCUT2D eigenvalue weighted by atomic mass is 10.2. The summed E-state index contributed by atoms with van der Waals surface area (Å²) in [7, 11) is 0. The van der Waals surface area contributed by atoms with Crippen molar-refractivity contribution in [1.82, 2.24) is 14.5 Å². The molecule has 0 bridgehead atoms. The van der Waals surface area contributed by atoms with Crippen LogP contribution in [0.1, 0.15) is 5.56 Å². The molecule has 2 aromatic heterocycles. The Labute approximate surface area is 128 Å². The van der Waals surface area contributed by atoms with E-state index in [9.17, 15) is 4.79 Å². The van der Waals surface area contributed by atoms with Gasteiger partial charge in [0.15, 0.2) is 0 Å². The number of pyridine rings is 1. The van der Waals surface area contributed by atoms with Gasteiger partial charge in [0.05, 0.1) is 6.33 Å². The standard InChI is InChI=1S/C17H14N4O/c22-17(20-15-7-9-18-10-8-15)6-3-14-1-4-16(5-2-14)21-12-11-19-13-21/h1-13H,(H,18,20,22)/b6-3+. The molecule has 0 unspecified atom stereocenters. The maximum atomic E-state index is 11.8. The first kappa shape index (κ1) is 13.8. The summed E-state index contributed by atoms with van der Waals surface area (Å²) in [6.45, 7) is 0. The molecule has 0 saturated heterocycles. The molecule has 108 valence electrons. The highest BCUT2D eigenvalue weighted by atomic mass is 16.1. The molecule has 0 radical (unpaired) electrons. The predicted molar refractivity (Wildman–Crippen MR) is 85.5 cm³/mol. The summed E-state index contributed by atoms with van der Waals surface area (Å²) < 4.78 is 1.92. The molecule has 1 N–H and O–H groups in total. The molecule has 5 heteroatoms. The van der Waals surface area contributed by atoms with E-state index < -0.39 is 0 Å². The first-order valence-corrected chi connectivity index (χ1v) is 6.79. The van der Waals surface area contributed by atoms with Gasteiger partial charge in [0.25, 0.3) is 0 Å². The van der Waals surface area contributed by atoms with E-state index in [1.807, 2.05) is 35.0 Å². The van der Waals surface area contributed by atoms with Gasteiger partial charge in [0.1, 0.15) is 0 Å². The van der Waals surface area contributed by atoms with Gasteiger partial charge in [-0.15, -0.1) is 0 Å². The molecule has 1 aromatic carbocycles. The van der Waals surface area contributed by atoms with E-state index in [1.54, 1.807) is 43.1 Å². The molecule has 1 amide bonds. The monoisotopic (exact) mass is 290 g/mol. The summed E-state index contributed by atoms with van der Waals surface area (Å²) in [5.41, 5.74) is 2.70. The first-order valence-electron chi connectivity index (χ1n) is 6.79. The SMILES string of the molecule is O=C(/C=C/c1ccc(-n2ccnc2)cc1)Nc1ccncc1. The number of nitrogens with one attached hydrogen (secondary N) is 1. The summed E-state index contributed by atoms with van der Waals surface area (Å²) >= 11 is 0. The Bertz CT molecular complexity index is 762. The van der Waals surface area contributed by atoms with Gasteiger partial charge >= 0.3 is 0 Å². The summed E-state index contributed by atoms with van der Waals surface area (Å²) in [6, 6.07) is 11.3. The van der Waals surface area contributed by atoms with Crippen molar-refractivity contribution in [3.8, 4) is 5.69 Å². The van der Waals surface area contributed by atoms with Crippen LogP contribution in [0.5, 0.6) is 0 Å². The van der Waals surface area contributed by atoms with Crippen LogP contribution in [0.25, 0.3) is 11.8 Å². The van der Waals surface area contributed by atoms with Gasteiger partial charge in [0.2, 0.25) is 5.91 Å². The number of carbonyl (C=O) groups is 1. The van der Waals surface area contributed by atoms with Crippen molar-refractivity contribution in [1.29, 1.82) is 0 Å². The highest BCUT2D eigenvalue weighted by Gasteiger charge is 1.98.